The van der Waals surface area contributed by atoms with E-state index in [-0.39, 0.29) is 18.9 Å². The van der Waals surface area contributed by atoms with E-state index in [0.717, 1.165) is 0 Å². The number of amides is 1. The molecule has 0 aliphatic carbocycles. The molecule has 17 heavy (non-hydrogen) atoms. The molecule has 1 amide bonds. The van der Waals surface area contributed by atoms with E-state index in [1.54, 1.807) is 0 Å². The summed E-state index contributed by atoms with van der Waals surface area (Å²) < 4.78 is 0. The first kappa shape index (κ1) is 13.5. The molecule has 0 spiro atoms. The summed E-state index contributed by atoms with van der Waals surface area (Å²) in [6.07, 6.45) is 1.29. The lowest BCUT2D eigenvalue weighted by atomic mass is 9.85. The maximum atomic E-state index is 11.6. The lowest BCUT2D eigenvalue weighted by molar-refractivity contribution is -0.159. The van der Waals surface area contributed by atoms with Gasteiger partial charge in [0.1, 0.15) is 0 Å². The minimum absolute atomic E-state index is 0.00509. The zero-order chi connectivity index (χ0) is 13.0. The van der Waals surface area contributed by atoms with Gasteiger partial charge >= 0.3 is 11.9 Å². The number of hydrogen-bond acceptors (Lipinski definition) is 3. The van der Waals surface area contributed by atoms with Gasteiger partial charge in [0.25, 0.3) is 0 Å². The number of rotatable bonds is 4. The van der Waals surface area contributed by atoms with Crippen molar-refractivity contribution in [2.45, 2.75) is 26.2 Å². The van der Waals surface area contributed by atoms with Crippen molar-refractivity contribution in [1.29, 1.82) is 0 Å². The van der Waals surface area contributed by atoms with E-state index in [4.69, 9.17) is 10.2 Å². The topological polar surface area (TPSA) is 94.9 Å². The highest BCUT2D eigenvalue weighted by Crippen LogP contribution is 2.24. The van der Waals surface area contributed by atoms with Gasteiger partial charge in [0.2, 0.25) is 5.91 Å². The quantitative estimate of drug-likeness (QED) is 0.746. The standard InChI is InChI=1S/C11H17NO5/c1-2-3-9(13)12-5-4-7(10(14)15)8(6-12)11(16)17/h7-8H,2-6H2,1H3,(H,14,15)(H,16,17). The average molecular weight is 243 g/mol. The molecule has 0 bridgehead atoms. The second kappa shape index (κ2) is 5.65. The third-order valence-corrected chi connectivity index (χ3v) is 3.06. The fraction of sp³-hybridized carbons (Fsp3) is 0.727. The number of carboxylic acid groups (broad SMARTS) is 2. The number of nitrogens with zero attached hydrogens (tertiary/aromatic N) is 1. The zero-order valence-corrected chi connectivity index (χ0v) is 9.76. The Kier molecular flexibility index (Phi) is 4.48. The van der Waals surface area contributed by atoms with Crippen LogP contribution in [0.25, 0.3) is 0 Å². The van der Waals surface area contributed by atoms with Crippen LogP contribution in [0.15, 0.2) is 0 Å². The van der Waals surface area contributed by atoms with Gasteiger partial charge in [-0.15, -0.1) is 0 Å². The maximum absolute atomic E-state index is 11.6. The van der Waals surface area contributed by atoms with Gasteiger partial charge < -0.3 is 15.1 Å². The normalized spacial score (nSPS) is 24.4. The summed E-state index contributed by atoms with van der Waals surface area (Å²) in [5, 5.41) is 17.9. The molecule has 1 fully saturated rings. The van der Waals surface area contributed by atoms with Crippen LogP contribution in [0.2, 0.25) is 0 Å². The highest BCUT2D eigenvalue weighted by molar-refractivity contribution is 5.82. The van der Waals surface area contributed by atoms with Crippen LogP contribution in [0.5, 0.6) is 0 Å². The summed E-state index contributed by atoms with van der Waals surface area (Å²) in [4.78, 5) is 35.0. The van der Waals surface area contributed by atoms with Crippen LogP contribution < -0.4 is 0 Å². The summed E-state index contributed by atoms with van der Waals surface area (Å²) in [6.45, 7) is 2.21. The predicted molar refractivity (Wildman–Crippen MR) is 58.4 cm³/mol. The van der Waals surface area contributed by atoms with Crippen LogP contribution in [-0.4, -0.2) is 46.0 Å². The summed E-state index contributed by atoms with van der Waals surface area (Å²) in [5.74, 6) is -4.23. The third-order valence-electron chi connectivity index (χ3n) is 3.06. The Labute approximate surface area is 99.2 Å². The van der Waals surface area contributed by atoms with E-state index >= 15 is 0 Å². The first-order chi connectivity index (χ1) is 7.97. The van der Waals surface area contributed by atoms with Gasteiger partial charge in [-0.1, -0.05) is 6.92 Å². The maximum Gasteiger partial charge on any atom is 0.309 e. The molecule has 2 unspecified atom stereocenters. The number of carbonyl (C=O) groups excluding carboxylic acids is 1. The van der Waals surface area contributed by atoms with Crippen molar-refractivity contribution in [2.24, 2.45) is 11.8 Å². The Morgan fingerprint density at radius 3 is 2.24 bits per heavy atom. The van der Waals surface area contributed by atoms with E-state index in [0.29, 0.717) is 19.4 Å². The molecule has 0 aromatic heterocycles. The van der Waals surface area contributed by atoms with Crippen LogP contribution >= 0.6 is 0 Å². The van der Waals surface area contributed by atoms with Gasteiger partial charge in [0, 0.05) is 19.5 Å². The fourth-order valence-corrected chi connectivity index (χ4v) is 2.10. The molecule has 1 aliphatic heterocycles. The highest BCUT2D eigenvalue weighted by atomic mass is 16.4. The van der Waals surface area contributed by atoms with E-state index in [2.05, 4.69) is 0 Å². The number of likely N-dealkylation sites (tertiary alicyclic amines) is 1. The predicted octanol–water partition coefficient (Wildman–Crippen LogP) is 0.420. The van der Waals surface area contributed by atoms with Crippen molar-refractivity contribution in [3.05, 3.63) is 0 Å². The Hall–Kier alpha value is -1.59. The molecule has 1 heterocycles. The van der Waals surface area contributed by atoms with Gasteiger partial charge in [-0.25, -0.2) is 0 Å². The second-order valence-electron chi connectivity index (χ2n) is 4.27. The molecule has 0 radical (unpaired) electrons. The van der Waals surface area contributed by atoms with Gasteiger partial charge in [0.15, 0.2) is 0 Å². The van der Waals surface area contributed by atoms with Gasteiger partial charge in [-0.05, 0) is 12.8 Å². The van der Waals surface area contributed by atoms with Crippen molar-refractivity contribution in [2.75, 3.05) is 13.1 Å². The molecule has 1 saturated heterocycles. The van der Waals surface area contributed by atoms with Crippen molar-refractivity contribution < 1.29 is 24.6 Å². The van der Waals surface area contributed by atoms with Gasteiger partial charge in [-0.3, -0.25) is 14.4 Å². The van der Waals surface area contributed by atoms with E-state index in [9.17, 15) is 14.4 Å². The van der Waals surface area contributed by atoms with E-state index in [1.165, 1.54) is 4.90 Å². The molecule has 2 N–H and O–H groups in total. The highest BCUT2D eigenvalue weighted by Gasteiger charge is 2.39. The van der Waals surface area contributed by atoms with E-state index < -0.39 is 23.8 Å². The number of hydrogen-bond donors (Lipinski definition) is 2. The zero-order valence-electron chi connectivity index (χ0n) is 9.76. The van der Waals surface area contributed by atoms with Gasteiger partial charge in [-0.2, -0.15) is 0 Å². The van der Waals surface area contributed by atoms with Crippen LogP contribution in [0.4, 0.5) is 0 Å². The molecule has 6 heteroatoms. The second-order valence-corrected chi connectivity index (χ2v) is 4.27. The average Bonchev–Trinajstić information content (AvgIpc) is 2.28. The number of carbonyl (C=O) groups is 3. The monoisotopic (exact) mass is 243 g/mol. The third kappa shape index (κ3) is 3.18. The van der Waals surface area contributed by atoms with Crippen LogP contribution in [0.1, 0.15) is 26.2 Å². The fourth-order valence-electron chi connectivity index (χ4n) is 2.10. The number of piperidine rings is 1. The molecular weight excluding hydrogens is 226 g/mol. The molecule has 2 atom stereocenters. The number of aliphatic carboxylic acids is 2. The van der Waals surface area contributed by atoms with Crippen LogP contribution in [-0.2, 0) is 14.4 Å². The minimum Gasteiger partial charge on any atom is -0.481 e. The minimum atomic E-state index is -1.15. The summed E-state index contributed by atoms with van der Waals surface area (Å²) >= 11 is 0. The molecular formula is C11H17NO5. The van der Waals surface area contributed by atoms with Crippen molar-refractivity contribution >= 4 is 17.8 Å². The molecule has 1 aliphatic rings. The first-order valence-corrected chi connectivity index (χ1v) is 5.70. The van der Waals surface area contributed by atoms with Crippen molar-refractivity contribution in [3.8, 4) is 0 Å². The van der Waals surface area contributed by atoms with Gasteiger partial charge in [0.05, 0.1) is 11.8 Å². The Bertz CT molecular complexity index is 328. The largest absolute Gasteiger partial charge is 0.481 e. The Morgan fingerprint density at radius 1 is 1.18 bits per heavy atom. The van der Waals surface area contributed by atoms with Crippen LogP contribution in [0.3, 0.4) is 0 Å². The summed E-state index contributed by atoms with van der Waals surface area (Å²) in [5.41, 5.74) is 0. The molecule has 6 nitrogen and oxygen atoms in total. The SMILES string of the molecule is CCCC(=O)N1CCC(C(=O)O)C(C(=O)O)C1. The lowest BCUT2D eigenvalue weighted by Gasteiger charge is -2.34. The number of carboxylic acids is 2. The summed E-state index contributed by atoms with van der Waals surface area (Å²) in [7, 11) is 0. The summed E-state index contributed by atoms with van der Waals surface area (Å²) in [6, 6.07) is 0. The molecule has 0 saturated carbocycles. The van der Waals surface area contributed by atoms with Crippen molar-refractivity contribution in [1.82, 2.24) is 4.90 Å². The Balaban J connectivity index is 2.72. The lowest BCUT2D eigenvalue weighted by Crippen LogP contribution is -2.48. The molecule has 1 rings (SSSR count). The van der Waals surface area contributed by atoms with Crippen molar-refractivity contribution in [3.63, 3.8) is 0 Å². The molecule has 0 aromatic carbocycles. The van der Waals surface area contributed by atoms with Crippen LogP contribution in [0, 0.1) is 11.8 Å². The first-order valence-electron chi connectivity index (χ1n) is 5.70. The molecule has 0 aromatic rings. The Morgan fingerprint density at radius 2 is 1.76 bits per heavy atom. The smallest absolute Gasteiger partial charge is 0.309 e. The molecule has 96 valence electrons. The van der Waals surface area contributed by atoms with E-state index in [1.807, 2.05) is 6.92 Å².